The van der Waals surface area contributed by atoms with Gasteiger partial charge in [-0.05, 0) is 25.2 Å². The molecule has 1 aliphatic heterocycles. The Balaban J connectivity index is 1.95. The van der Waals surface area contributed by atoms with Crippen molar-refractivity contribution in [3.63, 3.8) is 0 Å². The van der Waals surface area contributed by atoms with Gasteiger partial charge < -0.3 is 5.11 Å². The molecule has 1 saturated heterocycles. The number of likely N-dealkylation sites (tertiary alicyclic amines) is 1. The molecule has 3 aliphatic rings. The summed E-state index contributed by atoms with van der Waals surface area (Å²) in [5, 5.41) is 8.93. The molecule has 0 aromatic rings. The van der Waals surface area contributed by atoms with Gasteiger partial charge in [-0.15, -0.1) is 0 Å². The summed E-state index contributed by atoms with van der Waals surface area (Å²) in [5.41, 5.74) is 0. The Morgan fingerprint density at radius 3 is 2.18 bits per heavy atom. The Hall–Kier alpha value is -1.65. The van der Waals surface area contributed by atoms with Crippen molar-refractivity contribution in [3.8, 4) is 0 Å². The van der Waals surface area contributed by atoms with Crippen molar-refractivity contribution >= 4 is 17.8 Å². The average molecular weight is 235 g/mol. The molecule has 0 aromatic carbocycles. The van der Waals surface area contributed by atoms with E-state index in [2.05, 4.69) is 0 Å². The van der Waals surface area contributed by atoms with Crippen molar-refractivity contribution in [2.75, 3.05) is 0 Å². The average Bonchev–Trinajstić information content (AvgIpc) is 2.92. The van der Waals surface area contributed by atoms with Crippen LogP contribution in [0.1, 0.15) is 13.3 Å². The molecule has 2 fully saturated rings. The topological polar surface area (TPSA) is 74.7 Å². The largest absolute Gasteiger partial charge is 0.480 e. The third-order valence-corrected chi connectivity index (χ3v) is 4.25. The van der Waals surface area contributed by atoms with E-state index in [1.165, 1.54) is 6.92 Å². The molecule has 0 radical (unpaired) electrons. The molecule has 2 amide bonds. The van der Waals surface area contributed by atoms with Crippen molar-refractivity contribution in [2.45, 2.75) is 19.4 Å². The van der Waals surface area contributed by atoms with Crippen LogP contribution >= 0.6 is 0 Å². The van der Waals surface area contributed by atoms with Crippen LogP contribution in [0.25, 0.3) is 0 Å². The van der Waals surface area contributed by atoms with Crippen LogP contribution in [0, 0.1) is 23.7 Å². The molecule has 2 aliphatic carbocycles. The Bertz CT molecular complexity index is 425. The summed E-state index contributed by atoms with van der Waals surface area (Å²) < 4.78 is 0. The highest BCUT2D eigenvalue weighted by atomic mass is 16.4. The Morgan fingerprint density at radius 1 is 1.29 bits per heavy atom. The molecule has 1 N–H and O–H groups in total. The fourth-order valence-corrected chi connectivity index (χ4v) is 3.42. The number of carbonyl (C=O) groups excluding carboxylic acids is 2. The standard InChI is InChI=1S/C12H13NO4/c1-5(12(16)17)13-10(14)8-6-2-3-7(4-6)9(8)11(13)15/h2-3,5-9H,4H2,1H3,(H,16,17)/t5-,6-,7+,8-,9-/m0/s1. The van der Waals surface area contributed by atoms with Crippen molar-refractivity contribution in [1.29, 1.82) is 0 Å². The summed E-state index contributed by atoms with van der Waals surface area (Å²) in [6.45, 7) is 1.38. The maximum atomic E-state index is 12.1. The van der Waals surface area contributed by atoms with Crippen LogP contribution in [0.2, 0.25) is 0 Å². The lowest BCUT2D eigenvalue weighted by Crippen LogP contribution is -2.44. The first-order valence-electron chi connectivity index (χ1n) is 5.80. The Labute approximate surface area is 98.1 Å². The maximum Gasteiger partial charge on any atom is 0.326 e. The zero-order valence-corrected chi connectivity index (χ0v) is 9.37. The minimum Gasteiger partial charge on any atom is -0.480 e. The number of amides is 2. The van der Waals surface area contributed by atoms with E-state index in [0.29, 0.717) is 0 Å². The van der Waals surface area contributed by atoms with E-state index in [0.717, 1.165) is 11.3 Å². The van der Waals surface area contributed by atoms with Crippen molar-refractivity contribution in [2.24, 2.45) is 23.7 Å². The lowest BCUT2D eigenvalue weighted by molar-refractivity contribution is -0.154. The van der Waals surface area contributed by atoms with Crippen LogP contribution in [0.15, 0.2) is 12.2 Å². The molecule has 3 rings (SSSR count). The fraction of sp³-hybridized carbons (Fsp3) is 0.583. The number of allylic oxidation sites excluding steroid dienone is 2. The van der Waals surface area contributed by atoms with Gasteiger partial charge in [-0.3, -0.25) is 14.5 Å². The molecule has 0 aromatic heterocycles. The van der Waals surface area contributed by atoms with E-state index in [9.17, 15) is 14.4 Å². The Morgan fingerprint density at radius 2 is 1.76 bits per heavy atom. The van der Waals surface area contributed by atoms with E-state index in [-0.39, 0.29) is 35.5 Å². The first kappa shape index (κ1) is 10.5. The highest BCUT2D eigenvalue weighted by Crippen LogP contribution is 2.52. The Kier molecular flexibility index (Phi) is 1.97. The van der Waals surface area contributed by atoms with Crippen LogP contribution in [0.4, 0.5) is 0 Å². The van der Waals surface area contributed by atoms with Gasteiger partial charge in [0.15, 0.2) is 0 Å². The fourth-order valence-electron chi connectivity index (χ4n) is 3.42. The number of rotatable bonds is 2. The highest BCUT2D eigenvalue weighted by molar-refractivity contribution is 6.08. The number of aliphatic carboxylic acids is 1. The minimum absolute atomic E-state index is 0.132. The molecule has 90 valence electrons. The third kappa shape index (κ3) is 1.16. The lowest BCUT2D eigenvalue weighted by Gasteiger charge is -2.20. The van der Waals surface area contributed by atoms with E-state index in [4.69, 9.17) is 5.11 Å². The zero-order valence-electron chi connectivity index (χ0n) is 9.37. The van der Waals surface area contributed by atoms with Gasteiger partial charge in [0, 0.05) is 0 Å². The van der Waals surface area contributed by atoms with Gasteiger partial charge in [-0.25, -0.2) is 4.79 Å². The number of hydrogen-bond donors (Lipinski definition) is 1. The summed E-state index contributed by atoms with van der Waals surface area (Å²) in [6.07, 6.45) is 4.85. The molecule has 0 unspecified atom stereocenters. The van der Waals surface area contributed by atoms with Crippen LogP contribution < -0.4 is 0 Å². The molecular formula is C12H13NO4. The van der Waals surface area contributed by atoms with Gasteiger partial charge in [0.05, 0.1) is 11.8 Å². The number of nitrogens with zero attached hydrogens (tertiary/aromatic N) is 1. The first-order chi connectivity index (χ1) is 8.02. The molecule has 0 spiro atoms. The van der Waals surface area contributed by atoms with Crippen molar-refractivity contribution in [1.82, 2.24) is 4.90 Å². The van der Waals surface area contributed by atoms with E-state index < -0.39 is 12.0 Å². The lowest BCUT2D eigenvalue weighted by atomic mass is 9.85. The van der Waals surface area contributed by atoms with E-state index in [1.54, 1.807) is 0 Å². The van der Waals surface area contributed by atoms with Gasteiger partial charge in [0.2, 0.25) is 11.8 Å². The van der Waals surface area contributed by atoms with E-state index in [1.807, 2.05) is 12.2 Å². The first-order valence-corrected chi connectivity index (χ1v) is 5.80. The molecule has 5 nitrogen and oxygen atoms in total. The second-order valence-corrected chi connectivity index (χ2v) is 5.06. The summed E-state index contributed by atoms with van der Waals surface area (Å²) >= 11 is 0. The van der Waals surface area contributed by atoms with Crippen LogP contribution in [0.5, 0.6) is 0 Å². The number of carbonyl (C=O) groups is 3. The number of hydrogen-bond acceptors (Lipinski definition) is 3. The number of imide groups is 1. The highest BCUT2D eigenvalue weighted by Gasteiger charge is 2.60. The summed E-state index contributed by atoms with van der Waals surface area (Å²) in [6, 6.07) is -1.06. The second kappa shape index (κ2) is 3.18. The predicted molar refractivity (Wildman–Crippen MR) is 56.7 cm³/mol. The molecule has 17 heavy (non-hydrogen) atoms. The summed E-state index contributed by atoms with van der Waals surface area (Å²) in [5.74, 6) is -2.08. The predicted octanol–water partition coefficient (Wildman–Crippen LogP) is 0.267. The molecular weight excluding hydrogens is 222 g/mol. The maximum absolute atomic E-state index is 12.1. The number of fused-ring (bicyclic) bond motifs is 5. The molecule has 1 saturated carbocycles. The number of carboxylic acids is 1. The molecule has 1 heterocycles. The van der Waals surface area contributed by atoms with Crippen molar-refractivity contribution < 1.29 is 19.5 Å². The van der Waals surface area contributed by atoms with Crippen LogP contribution in [-0.4, -0.2) is 33.8 Å². The SMILES string of the molecule is C[C@@H](C(=O)O)N1C(=O)[C@@H]2[C@@H](C1=O)[C@H]1C=C[C@@H]2C1. The molecule has 2 bridgehead atoms. The molecule has 5 heteroatoms. The van der Waals surface area contributed by atoms with Crippen molar-refractivity contribution in [3.05, 3.63) is 12.2 Å². The zero-order chi connectivity index (χ0) is 12.3. The van der Waals surface area contributed by atoms with Gasteiger partial charge in [0.25, 0.3) is 0 Å². The second-order valence-electron chi connectivity index (χ2n) is 5.06. The van der Waals surface area contributed by atoms with E-state index >= 15 is 0 Å². The molecule has 5 atom stereocenters. The smallest absolute Gasteiger partial charge is 0.326 e. The summed E-state index contributed by atoms with van der Waals surface area (Å²) in [7, 11) is 0. The third-order valence-electron chi connectivity index (χ3n) is 4.25. The van der Waals surface area contributed by atoms with Gasteiger partial charge in [-0.2, -0.15) is 0 Å². The summed E-state index contributed by atoms with van der Waals surface area (Å²) in [4.78, 5) is 36.1. The monoisotopic (exact) mass is 235 g/mol. The normalized spacial score (nSPS) is 39.9. The van der Waals surface area contributed by atoms with Crippen LogP contribution in [0.3, 0.4) is 0 Å². The van der Waals surface area contributed by atoms with Gasteiger partial charge in [0.1, 0.15) is 6.04 Å². The quantitative estimate of drug-likeness (QED) is 0.550. The van der Waals surface area contributed by atoms with Gasteiger partial charge >= 0.3 is 5.97 Å². The minimum atomic E-state index is -1.13. The van der Waals surface area contributed by atoms with Crippen LogP contribution in [-0.2, 0) is 14.4 Å². The van der Waals surface area contributed by atoms with Gasteiger partial charge in [-0.1, -0.05) is 12.2 Å². The number of carboxylic acid groups (broad SMARTS) is 1.